The van der Waals surface area contributed by atoms with E-state index < -0.39 is 18.8 Å². The summed E-state index contributed by atoms with van der Waals surface area (Å²) in [6, 6.07) is 1.26. The number of aliphatic hydroxyl groups excluding tert-OH is 1. The van der Waals surface area contributed by atoms with Gasteiger partial charge in [0.2, 0.25) is 0 Å². The summed E-state index contributed by atoms with van der Waals surface area (Å²) in [5.41, 5.74) is 0.682. The zero-order chi connectivity index (χ0) is 13.8. The number of nitrogens with one attached hydrogen (secondary N) is 1. The van der Waals surface area contributed by atoms with Gasteiger partial charge in [-0.25, -0.2) is 0 Å². The maximum atomic E-state index is 12.1. The topological polar surface area (TPSA) is 54.4 Å². The van der Waals surface area contributed by atoms with Gasteiger partial charge < -0.3 is 15.2 Å². The molecule has 0 spiro atoms. The van der Waals surface area contributed by atoms with Crippen molar-refractivity contribution in [1.29, 1.82) is 0 Å². The molecule has 0 saturated heterocycles. The lowest BCUT2D eigenvalue weighted by molar-refractivity contribution is -0.202. The first-order chi connectivity index (χ1) is 8.36. The van der Waals surface area contributed by atoms with Gasteiger partial charge >= 0.3 is 6.18 Å². The molecule has 1 heterocycles. The molecule has 0 aliphatic carbocycles. The van der Waals surface area contributed by atoms with Crippen LogP contribution in [0.15, 0.2) is 18.5 Å². The zero-order valence-electron chi connectivity index (χ0n) is 10.0. The van der Waals surface area contributed by atoms with Gasteiger partial charge in [-0.2, -0.15) is 13.2 Å². The summed E-state index contributed by atoms with van der Waals surface area (Å²) in [5, 5.41) is 11.5. The van der Waals surface area contributed by atoms with Gasteiger partial charge in [0.15, 0.2) is 6.10 Å². The zero-order valence-corrected chi connectivity index (χ0v) is 10.0. The molecule has 4 nitrogen and oxygen atoms in total. The number of hydrogen-bond donors (Lipinski definition) is 2. The average molecular weight is 264 g/mol. The summed E-state index contributed by atoms with van der Waals surface area (Å²) in [5.74, 6) is 0.485. The number of aromatic nitrogens is 1. The number of alkyl halides is 3. The largest absolute Gasteiger partial charge is 0.495 e. The van der Waals surface area contributed by atoms with E-state index in [1.807, 2.05) is 0 Å². The highest BCUT2D eigenvalue weighted by Crippen LogP contribution is 2.24. The average Bonchev–Trinajstić information content (AvgIpc) is 2.34. The smallest absolute Gasteiger partial charge is 0.415 e. The van der Waals surface area contributed by atoms with Crippen LogP contribution in [0.4, 0.5) is 13.2 Å². The Balaban J connectivity index is 2.63. The fraction of sp³-hybridized carbons (Fsp3) is 0.545. The standard InChI is InChI=1S/C11H15F3N2O2/c1-7(16-6-10(17)11(12,13)14)8-3-4-15-5-9(8)18-2/h3-5,7,10,16-17H,6H2,1-2H3/t7-,10+/m1/s1. The normalized spacial score (nSPS) is 15.2. The minimum Gasteiger partial charge on any atom is -0.495 e. The Morgan fingerprint density at radius 1 is 1.50 bits per heavy atom. The van der Waals surface area contributed by atoms with Gasteiger partial charge in [-0.05, 0) is 13.0 Å². The minimum atomic E-state index is -4.62. The predicted molar refractivity (Wildman–Crippen MR) is 59.3 cm³/mol. The van der Waals surface area contributed by atoms with Gasteiger partial charge in [0.25, 0.3) is 0 Å². The van der Waals surface area contributed by atoms with Crippen molar-refractivity contribution in [2.24, 2.45) is 0 Å². The first-order valence-corrected chi connectivity index (χ1v) is 5.32. The number of halogens is 3. The van der Waals surface area contributed by atoms with E-state index in [2.05, 4.69) is 10.3 Å². The maximum Gasteiger partial charge on any atom is 0.415 e. The van der Waals surface area contributed by atoms with Gasteiger partial charge in [0.1, 0.15) is 5.75 Å². The summed E-state index contributed by atoms with van der Waals surface area (Å²) in [7, 11) is 1.46. The third kappa shape index (κ3) is 3.85. The lowest BCUT2D eigenvalue weighted by Crippen LogP contribution is -2.39. The van der Waals surface area contributed by atoms with E-state index in [0.29, 0.717) is 11.3 Å². The first kappa shape index (κ1) is 14.7. The highest BCUT2D eigenvalue weighted by molar-refractivity contribution is 5.32. The highest BCUT2D eigenvalue weighted by atomic mass is 19.4. The molecule has 0 bridgehead atoms. The molecular formula is C11H15F3N2O2. The third-order valence-electron chi connectivity index (χ3n) is 2.50. The van der Waals surface area contributed by atoms with Crippen LogP contribution >= 0.6 is 0 Å². The van der Waals surface area contributed by atoms with E-state index in [-0.39, 0.29) is 6.04 Å². The fourth-order valence-corrected chi connectivity index (χ4v) is 1.43. The lowest BCUT2D eigenvalue weighted by atomic mass is 10.1. The molecule has 1 aromatic rings. The predicted octanol–water partition coefficient (Wildman–Crippen LogP) is 1.66. The molecule has 102 valence electrons. The molecule has 0 unspecified atom stereocenters. The van der Waals surface area contributed by atoms with Crippen molar-refractivity contribution in [3.8, 4) is 5.75 Å². The van der Waals surface area contributed by atoms with E-state index in [0.717, 1.165) is 0 Å². The molecule has 0 saturated carbocycles. The third-order valence-corrected chi connectivity index (χ3v) is 2.50. The number of nitrogens with zero attached hydrogens (tertiary/aromatic N) is 1. The van der Waals surface area contributed by atoms with E-state index in [4.69, 9.17) is 9.84 Å². The van der Waals surface area contributed by atoms with Crippen LogP contribution in [-0.4, -0.2) is 36.0 Å². The van der Waals surface area contributed by atoms with Crippen LogP contribution in [0.5, 0.6) is 5.75 Å². The number of pyridine rings is 1. The van der Waals surface area contributed by atoms with Gasteiger partial charge in [0.05, 0.1) is 13.3 Å². The molecule has 1 aromatic heterocycles. The monoisotopic (exact) mass is 264 g/mol. The summed E-state index contributed by atoms with van der Waals surface area (Å²) < 4.78 is 41.4. The Bertz CT molecular complexity index is 385. The van der Waals surface area contributed by atoms with Crippen LogP contribution in [0.3, 0.4) is 0 Å². The van der Waals surface area contributed by atoms with Gasteiger partial charge in [0, 0.05) is 24.3 Å². The van der Waals surface area contributed by atoms with Crippen molar-refractivity contribution in [3.63, 3.8) is 0 Å². The second kappa shape index (κ2) is 6.01. The van der Waals surface area contributed by atoms with E-state index in [1.54, 1.807) is 13.0 Å². The first-order valence-electron chi connectivity index (χ1n) is 5.32. The molecule has 0 aliphatic rings. The van der Waals surface area contributed by atoms with Crippen molar-refractivity contribution in [2.75, 3.05) is 13.7 Å². The molecule has 2 atom stereocenters. The molecular weight excluding hydrogens is 249 g/mol. The second-order valence-corrected chi connectivity index (χ2v) is 3.80. The quantitative estimate of drug-likeness (QED) is 0.849. The van der Waals surface area contributed by atoms with Crippen molar-refractivity contribution < 1.29 is 23.0 Å². The number of ether oxygens (including phenoxy) is 1. The van der Waals surface area contributed by atoms with Crippen LogP contribution in [-0.2, 0) is 0 Å². The molecule has 1 rings (SSSR count). The number of hydrogen-bond acceptors (Lipinski definition) is 4. The van der Waals surface area contributed by atoms with Crippen molar-refractivity contribution in [3.05, 3.63) is 24.0 Å². The molecule has 0 radical (unpaired) electrons. The Labute approximate surface area is 103 Å². The van der Waals surface area contributed by atoms with Crippen LogP contribution in [0.25, 0.3) is 0 Å². The van der Waals surface area contributed by atoms with E-state index >= 15 is 0 Å². The van der Waals surface area contributed by atoms with E-state index in [9.17, 15) is 13.2 Å². The van der Waals surface area contributed by atoms with Crippen molar-refractivity contribution in [2.45, 2.75) is 25.2 Å². The summed E-state index contributed by atoms with van der Waals surface area (Å²) in [6.45, 7) is 1.11. The SMILES string of the molecule is COc1cnccc1[C@@H](C)NC[C@H](O)C(F)(F)F. The van der Waals surface area contributed by atoms with Crippen molar-refractivity contribution in [1.82, 2.24) is 10.3 Å². The summed E-state index contributed by atoms with van der Waals surface area (Å²) >= 11 is 0. The number of rotatable bonds is 5. The number of methoxy groups -OCH3 is 1. The van der Waals surface area contributed by atoms with E-state index in [1.165, 1.54) is 19.5 Å². The summed E-state index contributed by atoms with van der Waals surface area (Å²) in [6.07, 6.45) is -3.99. The number of aliphatic hydroxyl groups is 1. The van der Waals surface area contributed by atoms with Gasteiger partial charge in [-0.1, -0.05) is 0 Å². The Morgan fingerprint density at radius 2 is 2.17 bits per heavy atom. The van der Waals surface area contributed by atoms with Crippen LogP contribution in [0.1, 0.15) is 18.5 Å². The molecule has 7 heteroatoms. The molecule has 0 amide bonds. The van der Waals surface area contributed by atoms with Gasteiger partial charge in [-0.15, -0.1) is 0 Å². The minimum absolute atomic E-state index is 0.389. The summed E-state index contributed by atoms with van der Waals surface area (Å²) in [4.78, 5) is 3.85. The Kier molecular flexibility index (Phi) is 4.92. The van der Waals surface area contributed by atoms with Crippen molar-refractivity contribution >= 4 is 0 Å². The fourth-order valence-electron chi connectivity index (χ4n) is 1.43. The molecule has 0 fully saturated rings. The Morgan fingerprint density at radius 3 is 2.72 bits per heavy atom. The molecule has 0 aromatic carbocycles. The molecule has 18 heavy (non-hydrogen) atoms. The lowest BCUT2D eigenvalue weighted by Gasteiger charge is -2.20. The van der Waals surface area contributed by atoms with Crippen LogP contribution in [0.2, 0.25) is 0 Å². The van der Waals surface area contributed by atoms with Gasteiger partial charge in [-0.3, -0.25) is 4.98 Å². The maximum absolute atomic E-state index is 12.1. The highest BCUT2D eigenvalue weighted by Gasteiger charge is 2.38. The second-order valence-electron chi connectivity index (χ2n) is 3.80. The van der Waals surface area contributed by atoms with Crippen LogP contribution in [0, 0.1) is 0 Å². The molecule has 2 N–H and O–H groups in total. The molecule has 0 aliphatic heterocycles. The Hall–Kier alpha value is -1.34. The van der Waals surface area contributed by atoms with Crippen LogP contribution < -0.4 is 10.1 Å².